The highest BCUT2D eigenvalue weighted by Gasteiger charge is 2.32. The molecule has 1 aromatic carbocycles. The molecule has 1 atom stereocenters. The molecule has 1 heterocycles. The van der Waals surface area contributed by atoms with Crippen LogP contribution in [0.4, 0.5) is 4.39 Å². The van der Waals surface area contributed by atoms with E-state index in [2.05, 4.69) is 0 Å². The smallest absolute Gasteiger partial charge is 0.326 e. The average molecular weight is 274 g/mol. The maximum absolute atomic E-state index is 13.6. The summed E-state index contributed by atoms with van der Waals surface area (Å²) < 4.78 is 13.6. The van der Waals surface area contributed by atoms with Crippen LogP contribution < -0.4 is 0 Å². The molecule has 4 nitrogen and oxygen atoms in total. The van der Waals surface area contributed by atoms with Crippen LogP contribution >= 0.6 is 0 Å². The van der Waals surface area contributed by atoms with E-state index in [-0.39, 0.29) is 11.1 Å². The van der Waals surface area contributed by atoms with Crippen molar-refractivity contribution in [2.24, 2.45) is 0 Å². The van der Waals surface area contributed by atoms with Gasteiger partial charge < -0.3 is 10.0 Å². The number of carboxylic acid groups (broad SMARTS) is 1. The molecule has 0 aliphatic carbocycles. The van der Waals surface area contributed by atoms with Crippen molar-refractivity contribution >= 4 is 11.9 Å². The predicted molar refractivity (Wildman–Crippen MR) is 68.9 cm³/mol. The molecule has 1 N–H and O–H groups in total. The van der Waals surface area contributed by atoms with Gasteiger partial charge in [0.2, 0.25) is 0 Å². The van der Waals surface area contributed by atoms with Crippen molar-refractivity contribution < 1.29 is 19.1 Å². The Hall–Kier alpha value is -2.35. The number of likely N-dealkylation sites (tertiary alicyclic amines) is 1. The molecule has 0 aromatic heterocycles. The zero-order valence-electron chi connectivity index (χ0n) is 10.7. The van der Waals surface area contributed by atoms with Crippen molar-refractivity contribution in [1.82, 2.24) is 4.90 Å². The van der Waals surface area contributed by atoms with E-state index >= 15 is 0 Å². The van der Waals surface area contributed by atoms with Crippen LogP contribution in [0.25, 0.3) is 0 Å². The second-order valence-electron chi connectivity index (χ2n) is 4.67. The molecule has 0 unspecified atom stereocenters. The van der Waals surface area contributed by atoms with Gasteiger partial charge in [0.05, 0.1) is 5.56 Å². The van der Waals surface area contributed by atoms with E-state index in [0.717, 1.165) is 18.9 Å². The third kappa shape index (κ3) is 2.64. The largest absolute Gasteiger partial charge is 0.480 e. The number of aliphatic carboxylic acids is 1. The van der Waals surface area contributed by atoms with Gasteiger partial charge in [0, 0.05) is 12.1 Å². The summed E-state index contributed by atoms with van der Waals surface area (Å²) in [6.07, 6.45) is 8.80. The third-order valence-corrected chi connectivity index (χ3v) is 3.40. The number of rotatable bonds is 2. The van der Waals surface area contributed by atoms with Gasteiger partial charge in [-0.05, 0) is 49.8 Å². The number of amides is 1. The van der Waals surface area contributed by atoms with Gasteiger partial charge in [-0.15, -0.1) is 0 Å². The molecule has 1 saturated heterocycles. The van der Waals surface area contributed by atoms with Crippen molar-refractivity contribution in [2.75, 3.05) is 6.54 Å². The molecule has 1 aliphatic heterocycles. The Balaban J connectivity index is 2.28. The number of hydrogen-bond acceptors (Lipinski definition) is 2. The summed E-state index contributed by atoms with van der Waals surface area (Å²) in [5, 5.41) is 9.14. The number of halogens is 1. The minimum Gasteiger partial charge on any atom is -0.480 e. The third-order valence-electron chi connectivity index (χ3n) is 3.40. The van der Waals surface area contributed by atoms with Gasteiger partial charge in [-0.25, -0.2) is 9.18 Å². The lowest BCUT2D eigenvalue weighted by molar-refractivity contribution is -0.143. The molecule has 1 fully saturated rings. The van der Waals surface area contributed by atoms with E-state index in [1.54, 1.807) is 0 Å². The fourth-order valence-electron chi connectivity index (χ4n) is 2.35. The van der Waals surface area contributed by atoms with Crippen LogP contribution in [0.15, 0.2) is 18.2 Å². The van der Waals surface area contributed by atoms with Gasteiger partial charge in [0.25, 0.3) is 5.91 Å². The van der Waals surface area contributed by atoms with Gasteiger partial charge >= 0.3 is 5.97 Å². The quantitative estimate of drug-likeness (QED) is 0.837. The Morgan fingerprint density at radius 2 is 2.15 bits per heavy atom. The molecule has 0 bridgehead atoms. The first-order chi connectivity index (χ1) is 9.54. The number of carboxylic acids is 1. The van der Waals surface area contributed by atoms with Crippen LogP contribution in [0.1, 0.15) is 35.2 Å². The minimum absolute atomic E-state index is 0.0324. The zero-order chi connectivity index (χ0) is 14.7. The lowest BCUT2D eigenvalue weighted by Gasteiger charge is -2.33. The summed E-state index contributed by atoms with van der Waals surface area (Å²) in [6, 6.07) is 2.84. The van der Waals surface area contributed by atoms with Crippen LogP contribution in [0.3, 0.4) is 0 Å². The highest BCUT2D eigenvalue weighted by Crippen LogP contribution is 2.21. The molecular weight excluding hydrogens is 261 g/mol. The second kappa shape index (κ2) is 5.74. The van der Waals surface area contributed by atoms with Crippen molar-refractivity contribution in [3.8, 4) is 5.92 Å². The molecule has 2 rings (SSSR count). The SMILES string of the molecule is [C]#Cc1ccc(C(=O)N2CCCC[C@@H]2C(=O)O)cc1F. The molecule has 103 valence electrons. The van der Waals surface area contributed by atoms with E-state index < -0.39 is 23.7 Å². The van der Waals surface area contributed by atoms with Crippen molar-refractivity contribution in [3.63, 3.8) is 0 Å². The molecule has 1 aliphatic rings. The van der Waals surface area contributed by atoms with Gasteiger partial charge in [0.15, 0.2) is 0 Å². The Kier molecular flexibility index (Phi) is 4.04. The van der Waals surface area contributed by atoms with Gasteiger partial charge in [-0.3, -0.25) is 4.79 Å². The topological polar surface area (TPSA) is 57.6 Å². The molecule has 5 heteroatoms. The minimum atomic E-state index is -1.04. The summed E-state index contributed by atoms with van der Waals surface area (Å²) in [5.41, 5.74) is 0.0598. The summed E-state index contributed by atoms with van der Waals surface area (Å²) >= 11 is 0. The zero-order valence-corrected chi connectivity index (χ0v) is 10.7. The van der Waals surface area contributed by atoms with Gasteiger partial charge in [-0.1, -0.05) is 0 Å². The monoisotopic (exact) mass is 274 g/mol. The number of benzene rings is 1. The fourth-order valence-corrected chi connectivity index (χ4v) is 2.35. The molecule has 0 spiro atoms. The molecule has 1 radical (unpaired) electrons. The predicted octanol–water partition coefficient (Wildman–Crippen LogP) is 1.84. The summed E-state index contributed by atoms with van der Waals surface area (Å²) in [7, 11) is 0. The fraction of sp³-hybridized carbons (Fsp3) is 0.333. The Labute approximate surface area is 116 Å². The van der Waals surface area contributed by atoms with Crippen molar-refractivity contribution in [3.05, 3.63) is 41.6 Å². The number of nitrogens with zero attached hydrogens (tertiary/aromatic N) is 1. The standard InChI is InChI=1S/C15H13FNO3/c1-2-10-6-7-11(9-12(10)16)14(18)17-8-4-3-5-13(17)15(19)20/h6-7,9,13H,3-5,8H2,(H,19,20)/t13-/m1/s1. The van der Waals surface area contributed by atoms with Crippen molar-refractivity contribution in [2.45, 2.75) is 25.3 Å². The normalized spacial score (nSPS) is 18.4. The number of carbonyl (C=O) groups excluding carboxylic acids is 1. The van der Waals surface area contributed by atoms with E-state index in [9.17, 15) is 14.0 Å². The van der Waals surface area contributed by atoms with Crippen LogP contribution in [0, 0.1) is 18.2 Å². The van der Waals surface area contributed by atoms with Crippen LogP contribution in [0.2, 0.25) is 0 Å². The maximum atomic E-state index is 13.6. The molecule has 1 amide bonds. The molecule has 20 heavy (non-hydrogen) atoms. The first kappa shape index (κ1) is 14.1. The van der Waals surface area contributed by atoms with Crippen LogP contribution in [0.5, 0.6) is 0 Å². The lowest BCUT2D eigenvalue weighted by atomic mass is 10.0. The van der Waals surface area contributed by atoms with E-state index in [4.69, 9.17) is 11.5 Å². The van der Waals surface area contributed by atoms with E-state index in [0.29, 0.717) is 13.0 Å². The van der Waals surface area contributed by atoms with Crippen molar-refractivity contribution in [1.29, 1.82) is 0 Å². The summed E-state index contributed by atoms with van der Waals surface area (Å²) in [6.45, 7) is 0.357. The van der Waals surface area contributed by atoms with Gasteiger partial charge in [0.1, 0.15) is 11.9 Å². The number of carbonyl (C=O) groups is 2. The molecular formula is C15H13FNO3. The summed E-state index contributed by atoms with van der Waals surface area (Å²) in [4.78, 5) is 24.7. The average Bonchev–Trinajstić information content (AvgIpc) is 2.46. The highest BCUT2D eigenvalue weighted by molar-refractivity contribution is 5.96. The Morgan fingerprint density at radius 3 is 2.75 bits per heavy atom. The summed E-state index contributed by atoms with van der Waals surface area (Å²) in [5.74, 6) is -0.321. The molecule has 1 aromatic rings. The second-order valence-corrected chi connectivity index (χ2v) is 4.67. The molecule has 0 saturated carbocycles. The van der Waals surface area contributed by atoms with E-state index in [1.807, 2.05) is 5.92 Å². The van der Waals surface area contributed by atoms with Gasteiger partial charge in [-0.2, -0.15) is 0 Å². The Morgan fingerprint density at radius 1 is 1.40 bits per heavy atom. The first-order valence-corrected chi connectivity index (χ1v) is 6.30. The Bertz CT molecular complexity index is 591. The maximum Gasteiger partial charge on any atom is 0.326 e. The van der Waals surface area contributed by atoms with E-state index in [1.165, 1.54) is 17.0 Å². The number of piperidine rings is 1. The highest BCUT2D eigenvalue weighted by atomic mass is 19.1. The van der Waals surface area contributed by atoms with Crippen LogP contribution in [-0.4, -0.2) is 34.5 Å². The lowest BCUT2D eigenvalue weighted by Crippen LogP contribution is -2.48. The van der Waals surface area contributed by atoms with Crippen LogP contribution in [-0.2, 0) is 4.79 Å². The first-order valence-electron chi connectivity index (χ1n) is 6.30. The number of hydrogen-bond donors (Lipinski definition) is 1.